The molecular formula is C16H20F3N5. The maximum Gasteiger partial charge on any atom is 0.416 e. The smallest absolute Gasteiger partial charge is 0.354 e. The van der Waals surface area contributed by atoms with E-state index >= 15 is 0 Å². The van der Waals surface area contributed by atoms with E-state index in [4.69, 9.17) is 0 Å². The van der Waals surface area contributed by atoms with Gasteiger partial charge in [0.25, 0.3) is 0 Å². The summed E-state index contributed by atoms with van der Waals surface area (Å²) < 4.78 is 37.6. The Balaban J connectivity index is 1.94. The molecule has 1 aromatic carbocycles. The number of nitrogens with zero attached hydrogens (tertiary/aromatic N) is 3. The maximum absolute atomic E-state index is 12.5. The zero-order valence-corrected chi connectivity index (χ0v) is 13.6. The minimum Gasteiger partial charge on any atom is -0.354 e. The molecule has 130 valence electrons. The average Bonchev–Trinajstić information content (AvgIpc) is 2.51. The first-order chi connectivity index (χ1) is 11.3. The van der Waals surface area contributed by atoms with Crippen LogP contribution in [-0.4, -0.2) is 42.1 Å². The van der Waals surface area contributed by atoms with E-state index < -0.39 is 11.7 Å². The van der Waals surface area contributed by atoms with Crippen molar-refractivity contribution in [2.75, 3.05) is 37.8 Å². The van der Waals surface area contributed by atoms with Crippen LogP contribution in [0.2, 0.25) is 0 Å². The minimum atomic E-state index is -4.34. The van der Waals surface area contributed by atoms with Gasteiger partial charge >= 0.3 is 6.18 Å². The molecule has 0 radical (unpaired) electrons. The lowest BCUT2D eigenvalue weighted by Gasteiger charge is -2.11. The maximum atomic E-state index is 12.5. The second kappa shape index (κ2) is 7.96. The van der Waals surface area contributed by atoms with Gasteiger partial charge in [-0.25, -0.2) is 4.98 Å². The van der Waals surface area contributed by atoms with Crippen molar-refractivity contribution in [3.63, 3.8) is 0 Å². The van der Waals surface area contributed by atoms with Gasteiger partial charge in [-0.2, -0.15) is 18.2 Å². The summed E-state index contributed by atoms with van der Waals surface area (Å²) in [4.78, 5) is 10.5. The number of benzene rings is 1. The Morgan fingerprint density at radius 2 is 1.79 bits per heavy atom. The quantitative estimate of drug-likeness (QED) is 0.755. The molecule has 0 amide bonds. The van der Waals surface area contributed by atoms with Crippen LogP contribution in [0.1, 0.15) is 12.0 Å². The van der Waals surface area contributed by atoms with Crippen molar-refractivity contribution >= 4 is 17.5 Å². The van der Waals surface area contributed by atoms with Crippen LogP contribution in [0.3, 0.4) is 0 Å². The van der Waals surface area contributed by atoms with Crippen molar-refractivity contribution in [2.24, 2.45) is 0 Å². The van der Waals surface area contributed by atoms with Crippen LogP contribution >= 0.6 is 0 Å². The van der Waals surface area contributed by atoms with E-state index in [9.17, 15) is 13.2 Å². The van der Waals surface area contributed by atoms with Gasteiger partial charge in [-0.05, 0) is 57.4 Å². The van der Waals surface area contributed by atoms with Gasteiger partial charge in [0.05, 0.1) is 5.56 Å². The molecule has 0 fully saturated rings. The predicted molar refractivity (Wildman–Crippen MR) is 88.4 cm³/mol. The second-order valence-electron chi connectivity index (χ2n) is 5.55. The molecule has 5 nitrogen and oxygen atoms in total. The normalized spacial score (nSPS) is 11.6. The third-order valence-electron chi connectivity index (χ3n) is 3.21. The number of alkyl halides is 3. The summed E-state index contributed by atoms with van der Waals surface area (Å²) in [5.74, 6) is 0.991. The molecule has 1 heterocycles. The van der Waals surface area contributed by atoms with Crippen molar-refractivity contribution in [2.45, 2.75) is 12.6 Å². The van der Waals surface area contributed by atoms with Gasteiger partial charge in [0.1, 0.15) is 5.82 Å². The standard InChI is InChI=1S/C16H20F3N5/c1-24(2)11-3-9-20-15-21-10-8-14(23-15)22-13-6-4-12(5-7-13)16(17,18)19/h4-8,10H,3,9,11H2,1-2H3,(H2,20,21,22,23). The first-order valence-corrected chi connectivity index (χ1v) is 7.50. The van der Waals surface area contributed by atoms with Crippen molar-refractivity contribution < 1.29 is 13.2 Å². The van der Waals surface area contributed by atoms with Gasteiger partial charge in [-0.15, -0.1) is 0 Å². The number of hydrogen-bond donors (Lipinski definition) is 2. The van der Waals surface area contributed by atoms with Gasteiger partial charge in [0.15, 0.2) is 0 Å². The van der Waals surface area contributed by atoms with Crippen molar-refractivity contribution in [1.82, 2.24) is 14.9 Å². The highest BCUT2D eigenvalue weighted by atomic mass is 19.4. The van der Waals surface area contributed by atoms with Crippen LogP contribution in [0, 0.1) is 0 Å². The van der Waals surface area contributed by atoms with Crippen LogP contribution in [0.5, 0.6) is 0 Å². The molecule has 0 aliphatic heterocycles. The van der Waals surface area contributed by atoms with Gasteiger partial charge in [0, 0.05) is 18.4 Å². The molecule has 0 aliphatic carbocycles. The molecule has 0 unspecified atom stereocenters. The fourth-order valence-electron chi connectivity index (χ4n) is 2.00. The summed E-state index contributed by atoms with van der Waals surface area (Å²) in [6.07, 6.45) is -1.79. The highest BCUT2D eigenvalue weighted by molar-refractivity contribution is 5.57. The number of rotatable bonds is 7. The fraction of sp³-hybridized carbons (Fsp3) is 0.375. The van der Waals surface area contributed by atoms with E-state index in [0.29, 0.717) is 17.5 Å². The molecule has 0 atom stereocenters. The van der Waals surface area contributed by atoms with Crippen LogP contribution in [-0.2, 0) is 6.18 Å². The summed E-state index contributed by atoms with van der Waals surface area (Å²) >= 11 is 0. The molecular weight excluding hydrogens is 319 g/mol. The summed E-state index contributed by atoms with van der Waals surface area (Å²) in [6.45, 7) is 1.69. The fourth-order valence-corrected chi connectivity index (χ4v) is 2.00. The van der Waals surface area contributed by atoms with Crippen molar-refractivity contribution in [3.8, 4) is 0 Å². The summed E-state index contributed by atoms with van der Waals surface area (Å²) in [5.41, 5.74) is -0.153. The van der Waals surface area contributed by atoms with Gasteiger partial charge in [-0.3, -0.25) is 0 Å². The lowest BCUT2D eigenvalue weighted by molar-refractivity contribution is -0.137. The summed E-state index contributed by atoms with van der Waals surface area (Å²) in [7, 11) is 4.01. The molecule has 1 aromatic heterocycles. The molecule has 2 rings (SSSR count). The molecule has 0 saturated heterocycles. The number of hydrogen-bond acceptors (Lipinski definition) is 5. The zero-order chi connectivity index (χ0) is 17.6. The van der Waals surface area contributed by atoms with E-state index in [2.05, 4.69) is 25.5 Å². The largest absolute Gasteiger partial charge is 0.416 e. The Morgan fingerprint density at radius 3 is 2.42 bits per heavy atom. The van der Waals surface area contributed by atoms with Crippen LogP contribution < -0.4 is 10.6 Å². The van der Waals surface area contributed by atoms with Crippen molar-refractivity contribution in [1.29, 1.82) is 0 Å². The van der Waals surface area contributed by atoms with Crippen LogP contribution in [0.25, 0.3) is 0 Å². The highest BCUT2D eigenvalue weighted by Gasteiger charge is 2.29. The van der Waals surface area contributed by atoms with Crippen LogP contribution in [0.4, 0.5) is 30.6 Å². The first kappa shape index (κ1) is 18.0. The third-order valence-corrected chi connectivity index (χ3v) is 3.21. The third kappa shape index (κ3) is 5.69. The van der Waals surface area contributed by atoms with E-state index in [1.54, 1.807) is 12.3 Å². The second-order valence-corrected chi connectivity index (χ2v) is 5.55. The molecule has 0 aliphatic rings. The SMILES string of the molecule is CN(C)CCCNc1nccc(Nc2ccc(C(F)(F)F)cc2)n1. The van der Waals surface area contributed by atoms with Gasteiger partial charge in [0.2, 0.25) is 5.95 Å². The van der Waals surface area contributed by atoms with E-state index in [0.717, 1.165) is 31.6 Å². The monoisotopic (exact) mass is 339 g/mol. The van der Waals surface area contributed by atoms with E-state index in [-0.39, 0.29) is 0 Å². The highest BCUT2D eigenvalue weighted by Crippen LogP contribution is 2.30. The van der Waals surface area contributed by atoms with E-state index in [1.807, 2.05) is 14.1 Å². The summed E-state index contributed by atoms with van der Waals surface area (Å²) in [6, 6.07) is 6.46. The topological polar surface area (TPSA) is 53.1 Å². The Bertz CT molecular complexity index is 641. The minimum absolute atomic E-state index is 0.477. The summed E-state index contributed by atoms with van der Waals surface area (Å²) in [5, 5.41) is 6.08. The van der Waals surface area contributed by atoms with Gasteiger partial charge in [-0.1, -0.05) is 0 Å². The molecule has 8 heteroatoms. The number of aromatic nitrogens is 2. The number of halogens is 3. The zero-order valence-electron chi connectivity index (χ0n) is 13.6. The van der Waals surface area contributed by atoms with Crippen LogP contribution in [0.15, 0.2) is 36.5 Å². The lowest BCUT2D eigenvalue weighted by atomic mass is 10.2. The molecule has 0 saturated carbocycles. The number of nitrogens with one attached hydrogen (secondary N) is 2. The number of anilines is 3. The Morgan fingerprint density at radius 1 is 1.08 bits per heavy atom. The van der Waals surface area contributed by atoms with E-state index in [1.165, 1.54) is 12.1 Å². The average molecular weight is 339 g/mol. The lowest BCUT2D eigenvalue weighted by Crippen LogP contribution is -2.17. The van der Waals surface area contributed by atoms with Crippen molar-refractivity contribution in [3.05, 3.63) is 42.1 Å². The first-order valence-electron chi connectivity index (χ1n) is 7.50. The van der Waals surface area contributed by atoms with Gasteiger partial charge < -0.3 is 15.5 Å². The Hall–Kier alpha value is -2.35. The molecule has 2 N–H and O–H groups in total. The Labute approximate surface area is 138 Å². The molecule has 0 bridgehead atoms. The molecule has 24 heavy (non-hydrogen) atoms. The Kier molecular flexibility index (Phi) is 5.97. The predicted octanol–water partition coefficient (Wildman–Crippen LogP) is 3.60. The molecule has 2 aromatic rings. The molecule has 0 spiro atoms.